The topological polar surface area (TPSA) is 37.8 Å². The van der Waals surface area contributed by atoms with Gasteiger partial charge in [0.1, 0.15) is 0 Å². The van der Waals surface area contributed by atoms with Gasteiger partial charge in [0, 0.05) is 12.1 Å². The lowest BCUT2D eigenvalue weighted by molar-refractivity contribution is 0.638. The van der Waals surface area contributed by atoms with Gasteiger partial charge in [0.05, 0.1) is 5.69 Å². The molecule has 3 heteroatoms. The van der Waals surface area contributed by atoms with Crippen LogP contribution in [-0.2, 0) is 13.0 Å². The minimum Gasteiger partial charge on any atom is -0.295 e. The normalized spacial score (nSPS) is 10.8. The summed E-state index contributed by atoms with van der Waals surface area (Å²) in [5.41, 5.74) is 4.24. The molecule has 0 amide bonds. The van der Waals surface area contributed by atoms with Gasteiger partial charge in [-0.2, -0.15) is 0 Å². The first-order chi connectivity index (χ1) is 8.17. The van der Waals surface area contributed by atoms with Gasteiger partial charge in [0.25, 0.3) is 5.56 Å². The van der Waals surface area contributed by atoms with Gasteiger partial charge in [0.2, 0.25) is 0 Å². The number of rotatable bonds is 3. The number of aromatic nitrogens is 2. The Kier molecular flexibility index (Phi) is 3.18. The third-order valence-electron chi connectivity index (χ3n) is 3.06. The van der Waals surface area contributed by atoms with E-state index in [9.17, 15) is 4.79 Å². The molecular formula is C14H18N2O. The van der Waals surface area contributed by atoms with Crippen molar-refractivity contribution in [1.82, 2.24) is 9.78 Å². The van der Waals surface area contributed by atoms with E-state index in [2.05, 4.69) is 36.3 Å². The van der Waals surface area contributed by atoms with Gasteiger partial charge in [0.15, 0.2) is 0 Å². The molecule has 0 aliphatic carbocycles. The summed E-state index contributed by atoms with van der Waals surface area (Å²) in [5.74, 6) is 0. The van der Waals surface area contributed by atoms with Crippen molar-refractivity contribution < 1.29 is 0 Å². The SMILES string of the molecule is CCc1c(-c2ccc(C)cc2)[nH]n(CC)c1=O. The first kappa shape index (κ1) is 11.7. The molecule has 0 aliphatic rings. The second kappa shape index (κ2) is 4.62. The molecule has 0 bridgehead atoms. The van der Waals surface area contributed by atoms with Crippen molar-refractivity contribution in [1.29, 1.82) is 0 Å². The first-order valence-electron chi connectivity index (χ1n) is 6.06. The van der Waals surface area contributed by atoms with Gasteiger partial charge in [-0.25, -0.2) is 0 Å². The van der Waals surface area contributed by atoms with Crippen LogP contribution in [0.4, 0.5) is 0 Å². The van der Waals surface area contributed by atoms with E-state index in [1.165, 1.54) is 5.56 Å². The van der Waals surface area contributed by atoms with E-state index in [0.717, 1.165) is 23.2 Å². The van der Waals surface area contributed by atoms with Crippen LogP contribution in [0.3, 0.4) is 0 Å². The van der Waals surface area contributed by atoms with Crippen LogP contribution in [0.2, 0.25) is 0 Å². The molecule has 1 heterocycles. The molecule has 0 fully saturated rings. The molecular weight excluding hydrogens is 212 g/mol. The number of H-pyrrole nitrogens is 1. The largest absolute Gasteiger partial charge is 0.295 e. The molecule has 2 rings (SSSR count). The summed E-state index contributed by atoms with van der Waals surface area (Å²) in [7, 11) is 0. The Bertz CT molecular complexity index is 561. The summed E-state index contributed by atoms with van der Waals surface area (Å²) in [6.45, 7) is 6.72. The molecule has 0 saturated carbocycles. The van der Waals surface area contributed by atoms with Crippen LogP contribution >= 0.6 is 0 Å². The van der Waals surface area contributed by atoms with Crippen molar-refractivity contribution in [3.05, 3.63) is 45.7 Å². The van der Waals surface area contributed by atoms with Crippen molar-refractivity contribution >= 4 is 0 Å². The molecule has 3 nitrogen and oxygen atoms in total. The van der Waals surface area contributed by atoms with Crippen molar-refractivity contribution in [3.63, 3.8) is 0 Å². The minimum absolute atomic E-state index is 0.102. The number of aryl methyl sites for hydroxylation is 2. The summed E-state index contributed by atoms with van der Waals surface area (Å²) in [4.78, 5) is 12.0. The third kappa shape index (κ3) is 2.05. The quantitative estimate of drug-likeness (QED) is 0.865. The van der Waals surface area contributed by atoms with Crippen LogP contribution in [0.5, 0.6) is 0 Å². The smallest absolute Gasteiger partial charge is 0.270 e. The number of nitrogens with one attached hydrogen (secondary N) is 1. The van der Waals surface area contributed by atoms with Crippen LogP contribution in [0.25, 0.3) is 11.3 Å². The van der Waals surface area contributed by atoms with E-state index in [1.54, 1.807) is 4.68 Å². The molecule has 1 aromatic carbocycles. The summed E-state index contributed by atoms with van der Waals surface area (Å²) in [5, 5.41) is 3.19. The van der Waals surface area contributed by atoms with Crippen LogP contribution < -0.4 is 5.56 Å². The van der Waals surface area contributed by atoms with Gasteiger partial charge in [-0.3, -0.25) is 14.6 Å². The van der Waals surface area contributed by atoms with Crippen molar-refractivity contribution in [2.75, 3.05) is 0 Å². The predicted molar refractivity (Wildman–Crippen MR) is 70.3 cm³/mol. The zero-order valence-corrected chi connectivity index (χ0v) is 10.6. The average Bonchev–Trinajstić information content (AvgIpc) is 2.66. The number of aromatic amines is 1. The maximum Gasteiger partial charge on any atom is 0.270 e. The predicted octanol–water partition coefficient (Wildman–Crippen LogP) is 2.73. The molecule has 0 aliphatic heterocycles. The van der Waals surface area contributed by atoms with E-state index in [0.29, 0.717) is 6.54 Å². The fourth-order valence-corrected chi connectivity index (χ4v) is 2.03. The van der Waals surface area contributed by atoms with Gasteiger partial charge in [-0.05, 0) is 25.8 Å². The molecule has 0 radical (unpaired) electrons. The highest BCUT2D eigenvalue weighted by Crippen LogP contribution is 2.20. The van der Waals surface area contributed by atoms with Gasteiger partial charge >= 0.3 is 0 Å². The zero-order valence-electron chi connectivity index (χ0n) is 10.6. The van der Waals surface area contributed by atoms with Crippen LogP contribution in [0, 0.1) is 6.92 Å². The van der Waals surface area contributed by atoms with Crippen LogP contribution in [-0.4, -0.2) is 9.78 Å². The minimum atomic E-state index is 0.102. The Morgan fingerprint density at radius 3 is 2.35 bits per heavy atom. The number of nitrogens with zero attached hydrogens (tertiary/aromatic N) is 1. The Morgan fingerprint density at radius 2 is 1.82 bits per heavy atom. The lowest BCUT2D eigenvalue weighted by Gasteiger charge is -2.01. The number of hydrogen-bond donors (Lipinski definition) is 1. The zero-order chi connectivity index (χ0) is 12.4. The highest BCUT2D eigenvalue weighted by molar-refractivity contribution is 5.62. The van der Waals surface area contributed by atoms with Crippen molar-refractivity contribution in [2.45, 2.75) is 33.7 Å². The second-order valence-electron chi connectivity index (χ2n) is 4.23. The molecule has 2 aromatic rings. The van der Waals surface area contributed by atoms with E-state index in [-0.39, 0.29) is 5.56 Å². The average molecular weight is 230 g/mol. The van der Waals surface area contributed by atoms with Gasteiger partial charge in [-0.1, -0.05) is 36.8 Å². The first-order valence-corrected chi connectivity index (χ1v) is 6.06. The summed E-state index contributed by atoms with van der Waals surface area (Å²) < 4.78 is 1.66. The molecule has 17 heavy (non-hydrogen) atoms. The lowest BCUT2D eigenvalue weighted by Crippen LogP contribution is -2.17. The molecule has 0 spiro atoms. The molecule has 0 atom stereocenters. The van der Waals surface area contributed by atoms with E-state index in [4.69, 9.17) is 0 Å². The Balaban J connectivity index is 2.58. The van der Waals surface area contributed by atoms with E-state index >= 15 is 0 Å². The standard InChI is InChI=1S/C14H18N2O/c1-4-12-13(15-16(5-2)14(12)17)11-8-6-10(3)7-9-11/h6-9,15H,4-5H2,1-3H3. The number of benzene rings is 1. The highest BCUT2D eigenvalue weighted by atomic mass is 16.1. The second-order valence-corrected chi connectivity index (χ2v) is 4.23. The lowest BCUT2D eigenvalue weighted by atomic mass is 10.1. The molecule has 0 saturated heterocycles. The highest BCUT2D eigenvalue weighted by Gasteiger charge is 2.12. The Labute approximate surface area is 101 Å². The maximum absolute atomic E-state index is 12.0. The van der Waals surface area contributed by atoms with Gasteiger partial charge < -0.3 is 0 Å². The molecule has 1 aromatic heterocycles. The maximum atomic E-state index is 12.0. The molecule has 0 unspecified atom stereocenters. The summed E-state index contributed by atoms with van der Waals surface area (Å²) in [6, 6.07) is 8.24. The molecule has 1 N–H and O–H groups in total. The van der Waals surface area contributed by atoms with E-state index in [1.807, 2.05) is 13.8 Å². The van der Waals surface area contributed by atoms with Crippen molar-refractivity contribution in [2.24, 2.45) is 0 Å². The Morgan fingerprint density at radius 1 is 1.18 bits per heavy atom. The van der Waals surface area contributed by atoms with Crippen LogP contribution in [0.15, 0.2) is 29.1 Å². The third-order valence-corrected chi connectivity index (χ3v) is 3.06. The van der Waals surface area contributed by atoms with Crippen LogP contribution in [0.1, 0.15) is 25.0 Å². The summed E-state index contributed by atoms with van der Waals surface area (Å²) in [6.07, 6.45) is 0.755. The molecule has 90 valence electrons. The number of hydrogen-bond acceptors (Lipinski definition) is 1. The van der Waals surface area contributed by atoms with Crippen molar-refractivity contribution in [3.8, 4) is 11.3 Å². The summed E-state index contributed by atoms with van der Waals surface area (Å²) >= 11 is 0. The fraction of sp³-hybridized carbons (Fsp3) is 0.357. The monoisotopic (exact) mass is 230 g/mol. The fourth-order valence-electron chi connectivity index (χ4n) is 2.03. The van der Waals surface area contributed by atoms with Gasteiger partial charge in [-0.15, -0.1) is 0 Å². The van der Waals surface area contributed by atoms with E-state index < -0.39 is 0 Å². The Hall–Kier alpha value is -1.77.